The highest BCUT2D eigenvalue weighted by atomic mass is 19.4. The first-order chi connectivity index (χ1) is 12.6. The van der Waals surface area contributed by atoms with Gasteiger partial charge in [0.15, 0.2) is 0 Å². The van der Waals surface area contributed by atoms with Gasteiger partial charge < -0.3 is 5.32 Å². The molecule has 0 saturated heterocycles. The van der Waals surface area contributed by atoms with Gasteiger partial charge in [0.25, 0.3) is 0 Å². The standard InChI is InChI=1S/C20H22F4N2O/c1-13(16-6-10-18(21)11-7-16)25-19(27)14(2)26(3)12-15-4-8-17(9-5-15)20(22,23)24/h4-11,13-14H,12H2,1-3H3,(H,25,27). The van der Waals surface area contributed by atoms with Crippen molar-refractivity contribution in [2.45, 2.75) is 38.7 Å². The molecular weight excluding hydrogens is 360 g/mol. The largest absolute Gasteiger partial charge is 0.416 e. The molecule has 2 unspecified atom stereocenters. The SMILES string of the molecule is CC(NC(=O)C(C)N(C)Cc1ccc(C(F)(F)F)cc1)c1ccc(F)cc1. The van der Waals surface area contributed by atoms with Gasteiger partial charge in [-0.05, 0) is 56.3 Å². The summed E-state index contributed by atoms with van der Waals surface area (Å²) in [5.41, 5.74) is 0.756. The van der Waals surface area contributed by atoms with E-state index in [2.05, 4.69) is 5.32 Å². The van der Waals surface area contributed by atoms with E-state index in [1.807, 2.05) is 0 Å². The Morgan fingerprint density at radius 2 is 1.59 bits per heavy atom. The number of amides is 1. The summed E-state index contributed by atoms with van der Waals surface area (Å²) in [6, 6.07) is 9.98. The smallest absolute Gasteiger partial charge is 0.348 e. The first-order valence-electron chi connectivity index (χ1n) is 8.50. The molecule has 0 heterocycles. The molecule has 0 saturated carbocycles. The summed E-state index contributed by atoms with van der Waals surface area (Å²) in [5, 5.41) is 2.86. The second-order valence-corrected chi connectivity index (χ2v) is 6.57. The van der Waals surface area contributed by atoms with Crippen LogP contribution in [0.15, 0.2) is 48.5 Å². The van der Waals surface area contributed by atoms with Crippen LogP contribution in [0.1, 0.15) is 36.6 Å². The Bertz CT molecular complexity index is 757. The van der Waals surface area contributed by atoms with Crippen molar-refractivity contribution >= 4 is 5.91 Å². The predicted molar refractivity (Wildman–Crippen MR) is 95.3 cm³/mol. The number of carbonyl (C=O) groups excluding carboxylic acids is 1. The van der Waals surface area contributed by atoms with Crippen molar-refractivity contribution < 1.29 is 22.4 Å². The summed E-state index contributed by atoms with van der Waals surface area (Å²) in [6.07, 6.45) is -4.37. The number of nitrogens with zero attached hydrogens (tertiary/aromatic N) is 1. The molecule has 0 bridgehead atoms. The molecule has 2 aromatic carbocycles. The van der Waals surface area contributed by atoms with Crippen molar-refractivity contribution in [1.29, 1.82) is 0 Å². The van der Waals surface area contributed by atoms with Crippen LogP contribution in [-0.4, -0.2) is 23.9 Å². The maximum absolute atomic E-state index is 13.0. The zero-order valence-electron chi connectivity index (χ0n) is 15.3. The molecular formula is C20H22F4N2O. The van der Waals surface area contributed by atoms with Crippen LogP contribution >= 0.6 is 0 Å². The van der Waals surface area contributed by atoms with Crippen LogP contribution in [0.5, 0.6) is 0 Å². The van der Waals surface area contributed by atoms with Crippen LogP contribution in [0.25, 0.3) is 0 Å². The van der Waals surface area contributed by atoms with Crippen molar-refractivity contribution in [1.82, 2.24) is 10.2 Å². The lowest BCUT2D eigenvalue weighted by Gasteiger charge is -2.26. The number of benzene rings is 2. The number of rotatable bonds is 6. The van der Waals surface area contributed by atoms with E-state index in [0.717, 1.165) is 17.7 Å². The molecule has 7 heteroatoms. The Balaban J connectivity index is 1.94. The third kappa shape index (κ3) is 5.79. The van der Waals surface area contributed by atoms with E-state index in [1.54, 1.807) is 37.9 Å². The van der Waals surface area contributed by atoms with Crippen molar-refractivity contribution in [3.05, 3.63) is 71.0 Å². The molecule has 0 fully saturated rings. The van der Waals surface area contributed by atoms with Gasteiger partial charge in [-0.2, -0.15) is 13.2 Å². The fourth-order valence-electron chi connectivity index (χ4n) is 2.59. The molecule has 3 nitrogen and oxygen atoms in total. The second kappa shape index (κ2) is 8.52. The number of carbonyl (C=O) groups is 1. The van der Waals surface area contributed by atoms with Crippen molar-refractivity contribution in [2.24, 2.45) is 0 Å². The quantitative estimate of drug-likeness (QED) is 0.744. The molecule has 27 heavy (non-hydrogen) atoms. The molecule has 2 rings (SSSR count). The molecule has 0 spiro atoms. The summed E-state index contributed by atoms with van der Waals surface area (Å²) in [6.45, 7) is 3.85. The molecule has 0 radical (unpaired) electrons. The Kier molecular flexibility index (Phi) is 6.59. The Hall–Kier alpha value is -2.41. The molecule has 0 aliphatic heterocycles. The average molecular weight is 382 g/mol. The van der Waals surface area contributed by atoms with E-state index in [1.165, 1.54) is 24.3 Å². The maximum Gasteiger partial charge on any atom is 0.416 e. The van der Waals surface area contributed by atoms with Gasteiger partial charge in [-0.1, -0.05) is 24.3 Å². The van der Waals surface area contributed by atoms with Gasteiger partial charge in [-0.25, -0.2) is 4.39 Å². The highest BCUT2D eigenvalue weighted by Gasteiger charge is 2.30. The minimum absolute atomic E-state index is 0.221. The van der Waals surface area contributed by atoms with Crippen LogP contribution in [0.4, 0.5) is 17.6 Å². The van der Waals surface area contributed by atoms with Gasteiger partial charge in [-0.15, -0.1) is 0 Å². The monoisotopic (exact) mass is 382 g/mol. The van der Waals surface area contributed by atoms with Crippen LogP contribution in [-0.2, 0) is 17.5 Å². The Morgan fingerprint density at radius 1 is 1.04 bits per heavy atom. The predicted octanol–water partition coefficient (Wildman–Crippen LogP) is 4.54. The molecule has 0 aliphatic rings. The number of hydrogen-bond donors (Lipinski definition) is 1. The van der Waals surface area contributed by atoms with Gasteiger partial charge >= 0.3 is 6.18 Å². The van der Waals surface area contributed by atoms with E-state index in [4.69, 9.17) is 0 Å². The van der Waals surface area contributed by atoms with E-state index >= 15 is 0 Å². The van der Waals surface area contributed by atoms with Crippen LogP contribution < -0.4 is 5.32 Å². The maximum atomic E-state index is 13.0. The van der Waals surface area contributed by atoms with Crippen molar-refractivity contribution in [3.63, 3.8) is 0 Å². The summed E-state index contributed by atoms with van der Waals surface area (Å²) in [7, 11) is 1.73. The Morgan fingerprint density at radius 3 is 2.11 bits per heavy atom. The summed E-state index contributed by atoms with van der Waals surface area (Å²) in [5.74, 6) is -0.567. The zero-order chi connectivity index (χ0) is 20.2. The van der Waals surface area contributed by atoms with E-state index in [-0.39, 0.29) is 17.8 Å². The van der Waals surface area contributed by atoms with Gasteiger partial charge in [0, 0.05) is 6.54 Å². The molecule has 1 amide bonds. The zero-order valence-corrected chi connectivity index (χ0v) is 15.3. The lowest BCUT2D eigenvalue weighted by Crippen LogP contribution is -2.43. The van der Waals surface area contributed by atoms with Crippen LogP contribution in [0.2, 0.25) is 0 Å². The first-order valence-corrected chi connectivity index (χ1v) is 8.50. The number of nitrogens with one attached hydrogen (secondary N) is 1. The minimum Gasteiger partial charge on any atom is -0.348 e. The average Bonchev–Trinajstić information content (AvgIpc) is 2.61. The van der Waals surface area contributed by atoms with E-state index in [9.17, 15) is 22.4 Å². The summed E-state index contributed by atoms with van der Waals surface area (Å²) >= 11 is 0. The van der Waals surface area contributed by atoms with Gasteiger partial charge in [-0.3, -0.25) is 9.69 Å². The summed E-state index contributed by atoms with van der Waals surface area (Å²) in [4.78, 5) is 14.2. The molecule has 2 aromatic rings. The first kappa shape index (κ1) is 20.9. The van der Waals surface area contributed by atoms with Crippen molar-refractivity contribution in [2.75, 3.05) is 7.05 Å². The molecule has 2 atom stereocenters. The van der Waals surface area contributed by atoms with E-state index < -0.39 is 17.8 Å². The lowest BCUT2D eigenvalue weighted by molar-refractivity contribution is -0.137. The fraction of sp³-hybridized carbons (Fsp3) is 0.350. The van der Waals surface area contributed by atoms with Crippen LogP contribution in [0, 0.1) is 5.82 Å². The number of halogens is 4. The van der Waals surface area contributed by atoms with Crippen molar-refractivity contribution in [3.8, 4) is 0 Å². The summed E-state index contributed by atoms with van der Waals surface area (Å²) < 4.78 is 50.8. The number of alkyl halides is 3. The molecule has 146 valence electrons. The second-order valence-electron chi connectivity index (χ2n) is 6.57. The molecule has 0 aromatic heterocycles. The van der Waals surface area contributed by atoms with Gasteiger partial charge in [0.05, 0.1) is 17.6 Å². The van der Waals surface area contributed by atoms with E-state index in [0.29, 0.717) is 12.1 Å². The minimum atomic E-state index is -4.37. The number of hydrogen-bond acceptors (Lipinski definition) is 2. The van der Waals surface area contributed by atoms with Crippen LogP contribution in [0.3, 0.4) is 0 Å². The molecule has 0 aliphatic carbocycles. The molecule has 1 N–H and O–H groups in total. The fourth-order valence-corrected chi connectivity index (χ4v) is 2.59. The lowest BCUT2D eigenvalue weighted by atomic mass is 10.1. The normalized spacial score (nSPS) is 14.1. The number of likely N-dealkylation sites (N-methyl/N-ethyl adjacent to an activating group) is 1. The third-order valence-corrected chi connectivity index (χ3v) is 4.48. The van der Waals surface area contributed by atoms with Gasteiger partial charge in [0.2, 0.25) is 5.91 Å². The Labute approximate surface area is 156 Å². The third-order valence-electron chi connectivity index (χ3n) is 4.48. The topological polar surface area (TPSA) is 32.3 Å². The highest BCUT2D eigenvalue weighted by molar-refractivity contribution is 5.81. The highest BCUT2D eigenvalue weighted by Crippen LogP contribution is 2.29. The van der Waals surface area contributed by atoms with Gasteiger partial charge in [0.1, 0.15) is 5.82 Å².